The van der Waals surface area contributed by atoms with Gasteiger partial charge in [-0.05, 0) is 88.5 Å². The standard InChI is InChI=1S/C30H42N4O5S/c1-17(33(5)29(38)39-30(2,3)4)27(36)31-22-14-15-40-25-13-12-20-21-11-10-18-8-6-7-9-19(18)26(21)32-24(35)16-23(20)34(25)28(22)37/h6-9,17,20-23,25-26H,10-16H2,1-5H3,(H,31,36)(H,32,35). The first-order valence-corrected chi connectivity index (χ1v) is 15.6. The number of hydrogen-bond acceptors (Lipinski definition) is 6. The van der Waals surface area contributed by atoms with Crippen LogP contribution >= 0.6 is 11.8 Å². The first-order chi connectivity index (χ1) is 18.9. The van der Waals surface area contributed by atoms with Crippen LogP contribution in [0, 0.1) is 11.8 Å². The number of thioether (sulfide) groups is 1. The molecule has 7 unspecified atom stereocenters. The lowest BCUT2D eigenvalue weighted by atomic mass is 9.69. The van der Waals surface area contributed by atoms with Crippen molar-refractivity contribution in [3.05, 3.63) is 35.4 Å². The summed E-state index contributed by atoms with van der Waals surface area (Å²) in [4.78, 5) is 56.4. The molecule has 40 heavy (non-hydrogen) atoms. The fourth-order valence-electron chi connectivity index (χ4n) is 6.88. The van der Waals surface area contributed by atoms with Crippen molar-refractivity contribution in [2.45, 2.75) is 101 Å². The van der Waals surface area contributed by atoms with E-state index in [1.165, 1.54) is 23.1 Å². The highest BCUT2D eigenvalue weighted by molar-refractivity contribution is 7.99. The van der Waals surface area contributed by atoms with Gasteiger partial charge in [0.25, 0.3) is 0 Å². The van der Waals surface area contributed by atoms with Crippen LogP contribution in [0.2, 0.25) is 0 Å². The monoisotopic (exact) mass is 570 g/mol. The fourth-order valence-corrected chi connectivity index (χ4v) is 8.24. The van der Waals surface area contributed by atoms with E-state index in [1.54, 1.807) is 39.5 Å². The van der Waals surface area contributed by atoms with Crippen molar-refractivity contribution < 1.29 is 23.9 Å². The lowest BCUT2D eigenvalue weighted by Crippen LogP contribution is -2.60. The van der Waals surface area contributed by atoms with Crippen LogP contribution in [0.25, 0.3) is 0 Å². The molecule has 3 heterocycles. The maximum Gasteiger partial charge on any atom is 0.410 e. The molecule has 9 nitrogen and oxygen atoms in total. The fraction of sp³-hybridized carbons (Fsp3) is 0.667. The predicted molar refractivity (Wildman–Crippen MR) is 153 cm³/mol. The van der Waals surface area contributed by atoms with Crippen molar-refractivity contribution in [3.63, 3.8) is 0 Å². The van der Waals surface area contributed by atoms with Gasteiger partial charge in [-0.25, -0.2) is 4.79 Å². The lowest BCUT2D eigenvalue weighted by Gasteiger charge is -2.49. The molecule has 0 radical (unpaired) electrons. The summed E-state index contributed by atoms with van der Waals surface area (Å²) in [6.45, 7) is 6.95. The Morgan fingerprint density at radius 3 is 2.62 bits per heavy atom. The average Bonchev–Trinajstić information content (AvgIpc) is 3.15. The molecule has 1 aromatic carbocycles. The minimum absolute atomic E-state index is 0.00209. The zero-order valence-electron chi connectivity index (χ0n) is 24.1. The lowest BCUT2D eigenvalue weighted by molar-refractivity contribution is -0.144. The zero-order valence-corrected chi connectivity index (χ0v) is 25.0. The Labute approximate surface area is 241 Å². The van der Waals surface area contributed by atoms with Crippen molar-refractivity contribution in [2.75, 3.05) is 12.8 Å². The number of benzene rings is 1. The van der Waals surface area contributed by atoms with Crippen LogP contribution in [0.4, 0.5) is 4.79 Å². The van der Waals surface area contributed by atoms with E-state index in [0.29, 0.717) is 6.42 Å². The van der Waals surface area contributed by atoms with Crippen LogP contribution in [0.1, 0.15) is 77.0 Å². The largest absolute Gasteiger partial charge is 0.444 e. The smallest absolute Gasteiger partial charge is 0.410 e. The van der Waals surface area contributed by atoms with Gasteiger partial charge < -0.3 is 20.3 Å². The van der Waals surface area contributed by atoms with Crippen LogP contribution in [0.5, 0.6) is 0 Å². The van der Waals surface area contributed by atoms with Gasteiger partial charge in [-0.1, -0.05) is 24.3 Å². The molecule has 4 aliphatic rings. The Morgan fingerprint density at radius 2 is 1.88 bits per heavy atom. The average molecular weight is 571 g/mol. The van der Waals surface area contributed by atoms with Gasteiger partial charge in [0.1, 0.15) is 17.7 Å². The van der Waals surface area contributed by atoms with Gasteiger partial charge in [0.05, 0.1) is 11.4 Å². The second-order valence-corrected chi connectivity index (χ2v) is 13.9. The van der Waals surface area contributed by atoms with E-state index in [-0.39, 0.29) is 47.5 Å². The number of amides is 4. The molecule has 218 valence electrons. The molecule has 0 aromatic heterocycles. The summed E-state index contributed by atoms with van der Waals surface area (Å²) in [6.07, 6.45) is 4.02. The third-order valence-corrected chi connectivity index (χ3v) is 10.3. The number of piperidine rings is 1. The van der Waals surface area contributed by atoms with E-state index in [9.17, 15) is 19.2 Å². The molecular formula is C30H42N4O5S. The third kappa shape index (κ3) is 5.69. The van der Waals surface area contributed by atoms with Crippen LogP contribution in [0.3, 0.4) is 0 Å². The number of fused-ring (bicyclic) bond motifs is 7. The quantitative estimate of drug-likeness (QED) is 0.575. The predicted octanol–water partition coefficient (Wildman–Crippen LogP) is 3.62. The second kappa shape index (κ2) is 11.3. The minimum Gasteiger partial charge on any atom is -0.444 e. The first-order valence-electron chi connectivity index (χ1n) is 14.5. The van der Waals surface area contributed by atoms with Crippen LogP contribution in [0.15, 0.2) is 24.3 Å². The molecule has 5 rings (SSSR count). The Kier molecular flexibility index (Phi) is 8.10. The van der Waals surface area contributed by atoms with Crippen molar-refractivity contribution >= 4 is 35.6 Å². The highest BCUT2D eigenvalue weighted by Crippen LogP contribution is 2.49. The summed E-state index contributed by atoms with van der Waals surface area (Å²) >= 11 is 1.75. The number of aryl methyl sites for hydroxylation is 1. The molecule has 1 aliphatic carbocycles. The molecule has 0 spiro atoms. The molecule has 0 bridgehead atoms. The maximum atomic E-state index is 14.1. The minimum atomic E-state index is -0.810. The summed E-state index contributed by atoms with van der Waals surface area (Å²) in [5.41, 5.74) is 1.82. The SMILES string of the molecule is CC(C(=O)NC1CCSC2CCC3C4CCc5ccccc5C4NC(=O)CC3N2C1=O)N(C)C(=O)OC(C)(C)C. The van der Waals surface area contributed by atoms with E-state index < -0.39 is 29.7 Å². The van der Waals surface area contributed by atoms with Crippen LogP contribution in [-0.2, 0) is 25.5 Å². The van der Waals surface area contributed by atoms with Crippen molar-refractivity contribution in [1.29, 1.82) is 0 Å². The summed E-state index contributed by atoms with van der Waals surface area (Å²) in [7, 11) is 1.53. The molecule has 2 N–H and O–H groups in total. The Hall–Kier alpha value is -2.75. The van der Waals surface area contributed by atoms with Gasteiger partial charge in [-0.2, -0.15) is 0 Å². The molecule has 4 amide bonds. The van der Waals surface area contributed by atoms with E-state index >= 15 is 0 Å². The summed E-state index contributed by atoms with van der Waals surface area (Å²) < 4.78 is 5.41. The molecule has 3 fully saturated rings. The number of carbonyl (C=O) groups is 4. The van der Waals surface area contributed by atoms with Gasteiger partial charge in [-0.3, -0.25) is 19.3 Å². The Morgan fingerprint density at radius 1 is 1.12 bits per heavy atom. The number of rotatable bonds is 3. The summed E-state index contributed by atoms with van der Waals surface area (Å²) in [5, 5.41) is 6.25. The Balaban J connectivity index is 1.34. The van der Waals surface area contributed by atoms with E-state index in [2.05, 4.69) is 28.8 Å². The maximum absolute atomic E-state index is 14.1. The van der Waals surface area contributed by atoms with E-state index in [1.807, 2.05) is 11.0 Å². The molecule has 7 atom stereocenters. The molecule has 0 saturated carbocycles. The van der Waals surface area contributed by atoms with Gasteiger partial charge in [-0.15, -0.1) is 11.8 Å². The van der Waals surface area contributed by atoms with Gasteiger partial charge in [0.15, 0.2) is 0 Å². The van der Waals surface area contributed by atoms with Crippen molar-refractivity contribution in [2.24, 2.45) is 11.8 Å². The number of carbonyl (C=O) groups excluding carboxylic acids is 4. The van der Waals surface area contributed by atoms with Crippen LogP contribution in [-0.4, -0.2) is 75.5 Å². The van der Waals surface area contributed by atoms with Crippen molar-refractivity contribution in [3.8, 4) is 0 Å². The summed E-state index contributed by atoms with van der Waals surface area (Å²) in [5.74, 6) is 0.680. The molecule has 3 saturated heterocycles. The highest BCUT2D eigenvalue weighted by Gasteiger charge is 2.51. The van der Waals surface area contributed by atoms with Crippen molar-refractivity contribution in [1.82, 2.24) is 20.4 Å². The topological polar surface area (TPSA) is 108 Å². The van der Waals surface area contributed by atoms with Crippen LogP contribution < -0.4 is 10.6 Å². The van der Waals surface area contributed by atoms with Gasteiger partial charge in [0.2, 0.25) is 17.7 Å². The van der Waals surface area contributed by atoms with Gasteiger partial charge in [0, 0.05) is 19.5 Å². The first kappa shape index (κ1) is 28.8. The second-order valence-electron chi connectivity index (χ2n) is 12.6. The van der Waals surface area contributed by atoms with E-state index in [4.69, 9.17) is 4.74 Å². The number of hydrogen-bond donors (Lipinski definition) is 2. The number of ether oxygens (including phenoxy) is 1. The molecular weight excluding hydrogens is 528 g/mol. The number of likely N-dealkylation sites (N-methyl/N-ethyl adjacent to an activating group) is 1. The Bertz CT molecular complexity index is 1170. The summed E-state index contributed by atoms with van der Waals surface area (Å²) in [6, 6.07) is 6.64. The number of nitrogens with one attached hydrogen (secondary N) is 2. The molecule has 1 aromatic rings. The third-order valence-electron chi connectivity index (χ3n) is 8.96. The highest BCUT2D eigenvalue weighted by atomic mass is 32.2. The van der Waals surface area contributed by atoms with E-state index in [0.717, 1.165) is 31.4 Å². The zero-order chi connectivity index (χ0) is 28.8. The molecule has 3 aliphatic heterocycles. The number of nitrogens with zero attached hydrogens (tertiary/aromatic N) is 2. The normalized spacial score (nSPS) is 30.7. The van der Waals surface area contributed by atoms with Gasteiger partial charge >= 0.3 is 6.09 Å². The molecule has 10 heteroatoms.